The Kier molecular flexibility index (Phi) is 19.5. The van der Waals surface area contributed by atoms with Gasteiger partial charge in [-0.15, -0.1) is 0 Å². The molecule has 0 fully saturated rings. The molecule has 0 aliphatic rings. The summed E-state index contributed by atoms with van der Waals surface area (Å²) in [6, 6.07) is 0. The predicted molar refractivity (Wildman–Crippen MR) is 82.9 cm³/mol. The molecular formula is C15H33NO5. The van der Waals surface area contributed by atoms with E-state index in [1.54, 1.807) is 0 Å². The lowest BCUT2D eigenvalue weighted by Gasteiger charge is -2.08. The fourth-order valence-corrected chi connectivity index (χ4v) is 1.47. The van der Waals surface area contributed by atoms with Crippen molar-refractivity contribution in [3.05, 3.63) is 0 Å². The third kappa shape index (κ3) is 19.8. The Hall–Kier alpha value is -0.240. The van der Waals surface area contributed by atoms with Crippen LogP contribution in [0.2, 0.25) is 0 Å². The molecule has 128 valence electrons. The van der Waals surface area contributed by atoms with Crippen molar-refractivity contribution in [3.63, 3.8) is 0 Å². The van der Waals surface area contributed by atoms with Crippen molar-refractivity contribution < 1.29 is 23.7 Å². The molecule has 0 unspecified atom stereocenters. The summed E-state index contributed by atoms with van der Waals surface area (Å²) in [5.41, 5.74) is 0. The first-order valence-electron chi connectivity index (χ1n) is 8.01. The molecule has 0 aliphatic heterocycles. The maximum Gasteiger partial charge on any atom is 0.0701 e. The van der Waals surface area contributed by atoms with Gasteiger partial charge in [-0.1, -0.05) is 6.92 Å². The van der Waals surface area contributed by atoms with Crippen molar-refractivity contribution in [1.82, 2.24) is 5.32 Å². The van der Waals surface area contributed by atoms with E-state index in [0.29, 0.717) is 52.9 Å². The number of ether oxygens (including phenoxy) is 5. The van der Waals surface area contributed by atoms with Gasteiger partial charge in [-0.3, -0.25) is 0 Å². The van der Waals surface area contributed by atoms with Gasteiger partial charge in [-0.25, -0.2) is 0 Å². The van der Waals surface area contributed by atoms with E-state index >= 15 is 0 Å². The van der Waals surface area contributed by atoms with Crippen LogP contribution < -0.4 is 5.32 Å². The van der Waals surface area contributed by atoms with Crippen molar-refractivity contribution in [2.75, 3.05) is 79.2 Å². The smallest absolute Gasteiger partial charge is 0.0701 e. The zero-order chi connectivity index (χ0) is 15.4. The number of hydrogen-bond acceptors (Lipinski definition) is 6. The van der Waals surface area contributed by atoms with Crippen LogP contribution in [0.5, 0.6) is 0 Å². The Morgan fingerprint density at radius 2 is 0.952 bits per heavy atom. The lowest BCUT2D eigenvalue weighted by molar-refractivity contribution is -0.00994. The van der Waals surface area contributed by atoms with Crippen LogP contribution in [-0.4, -0.2) is 79.2 Å². The summed E-state index contributed by atoms with van der Waals surface area (Å²) in [6.45, 7) is 12.4. The SMILES string of the molecule is CCCNCCOCCOCCOCCOCCOCC. The minimum atomic E-state index is 0.590. The molecule has 0 amide bonds. The van der Waals surface area contributed by atoms with E-state index in [1.165, 1.54) is 0 Å². The molecule has 0 spiro atoms. The van der Waals surface area contributed by atoms with Crippen molar-refractivity contribution in [2.24, 2.45) is 0 Å². The second-order valence-corrected chi connectivity index (χ2v) is 4.40. The van der Waals surface area contributed by atoms with Gasteiger partial charge in [0.2, 0.25) is 0 Å². The van der Waals surface area contributed by atoms with E-state index in [1.807, 2.05) is 6.92 Å². The molecule has 0 rings (SSSR count). The Morgan fingerprint density at radius 1 is 0.524 bits per heavy atom. The second kappa shape index (κ2) is 19.8. The minimum Gasteiger partial charge on any atom is -0.379 e. The quantitative estimate of drug-likeness (QED) is 0.383. The Bertz CT molecular complexity index is 165. The van der Waals surface area contributed by atoms with Crippen molar-refractivity contribution in [1.29, 1.82) is 0 Å². The summed E-state index contributed by atoms with van der Waals surface area (Å²) in [4.78, 5) is 0. The summed E-state index contributed by atoms with van der Waals surface area (Å²) >= 11 is 0. The van der Waals surface area contributed by atoms with E-state index in [9.17, 15) is 0 Å². The van der Waals surface area contributed by atoms with Crippen LogP contribution in [0.4, 0.5) is 0 Å². The Morgan fingerprint density at radius 3 is 1.38 bits per heavy atom. The fraction of sp³-hybridized carbons (Fsp3) is 1.00. The highest BCUT2D eigenvalue weighted by Crippen LogP contribution is 1.83. The molecule has 0 bridgehead atoms. The average Bonchev–Trinajstić information content (AvgIpc) is 2.50. The van der Waals surface area contributed by atoms with Crippen LogP contribution in [0.15, 0.2) is 0 Å². The molecule has 21 heavy (non-hydrogen) atoms. The van der Waals surface area contributed by atoms with Crippen LogP contribution in [0.1, 0.15) is 20.3 Å². The monoisotopic (exact) mass is 307 g/mol. The maximum atomic E-state index is 5.41. The zero-order valence-electron chi connectivity index (χ0n) is 13.7. The average molecular weight is 307 g/mol. The second-order valence-electron chi connectivity index (χ2n) is 4.40. The highest BCUT2D eigenvalue weighted by molar-refractivity contribution is 4.43. The van der Waals surface area contributed by atoms with E-state index in [2.05, 4.69) is 12.2 Å². The van der Waals surface area contributed by atoms with Crippen LogP contribution in [-0.2, 0) is 23.7 Å². The molecule has 0 radical (unpaired) electrons. The number of hydrogen-bond donors (Lipinski definition) is 1. The molecule has 0 saturated carbocycles. The Balaban J connectivity index is 2.90. The van der Waals surface area contributed by atoms with Crippen molar-refractivity contribution in [3.8, 4) is 0 Å². The lowest BCUT2D eigenvalue weighted by atomic mass is 10.5. The summed E-state index contributed by atoms with van der Waals surface area (Å²) < 4.78 is 26.6. The van der Waals surface area contributed by atoms with Gasteiger partial charge in [-0.2, -0.15) is 0 Å². The first-order valence-corrected chi connectivity index (χ1v) is 8.01. The van der Waals surface area contributed by atoms with Gasteiger partial charge in [0, 0.05) is 13.2 Å². The summed E-state index contributed by atoms with van der Waals surface area (Å²) in [5.74, 6) is 0. The molecule has 0 aromatic carbocycles. The van der Waals surface area contributed by atoms with Gasteiger partial charge in [0.15, 0.2) is 0 Å². The third-order valence-corrected chi connectivity index (χ3v) is 2.54. The highest BCUT2D eigenvalue weighted by Gasteiger charge is 1.93. The molecule has 0 aliphatic carbocycles. The van der Waals surface area contributed by atoms with Gasteiger partial charge >= 0.3 is 0 Å². The number of nitrogens with one attached hydrogen (secondary N) is 1. The lowest BCUT2D eigenvalue weighted by Crippen LogP contribution is -2.21. The molecule has 1 N–H and O–H groups in total. The van der Waals surface area contributed by atoms with Gasteiger partial charge in [0.1, 0.15) is 0 Å². The molecule has 0 atom stereocenters. The largest absolute Gasteiger partial charge is 0.379 e. The minimum absolute atomic E-state index is 0.590. The standard InChI is InChI=1S/C15H33NO5/c1-3-5-16-6-7-18-10-11-20-14-15-21-13-12-19-9-8-17-4-2/h16H,3-15H2,1-2H3. The van der Waals surface area contributed by atoms with Gasteiger partial charge in [0.05, 0.1) is 59.5 Å². The van der Waals surface area contributed by atoms with Gasteiger partial charge in [0.25, 0.3) is 0 Å². The third-order valence-electron chi connectivity index (χ3n) is 2.54. The van der Waals surface area contributed by atoms with Crippen molar-refractivity contribution in [2.45, 2.75) is 20.3 Å². The first kappa shape index (κ1) is 20.8. The normalized spacial score (nSPS) is 11.1. The molecule has 0 aromatic heterocycles. The van der Waals surface area contributed by atoms with Crippen LogP contribution >= 0.6 is 0 Å². The molecule has 6 heteroatoms. The van der Waals surface area contributed by atoms with E-state index < -0.39 is 0 Å². The predicted octanol–water partition coefficient (Wildman–Crippen LogP) is 1.09. The van der Waals surface area contributed by atoms with Gasteiger partial charge in [-0.05, 0) is 19.9 Å². The summed E-state index contributed by atoms with van der Waals surface area (Å²) in [6.07, 6.45) is 1.15. The van der Waals surface area contributed by atoms with Crippen LogP contribution in [0.3, 0.4) is 0 Å². The Labute approximate surface area is 129 Å². The maximum absolute atomic E-state index is 5.41. The molecule has 0 saturated heterocycles. The van der Waals surface area contributed by atoms with E-state index in [0.717, 1.165) is 32.7 Å². The van der Waals surface area contributed by atoms with Crippen LogP contribution in [0.25, 0.3) is 0 Å². The topological polar surface area (TPSA) is 58.2 Å². The summed E-state index contributed by atoms with van der Waals surface area (Å²) in [7, 11) is 0. The van der Waals surface area contributed by atoms with E-state index in [4.69, 9.17) is 23.7 Å². The van der Waals surface area contributed by atoms with E-state index in [-0.39, 0.29) is 0 Å². The molecule has 6 nitrogen and oxygen atoms in total. The molecule has 0 aromatic rings. The number of rotatable bonds is 18. The fourth-order valence-electron chi connectivity index (χ4n) is 1.47. The van der Waals surface area contributed by atoms with Crippen LogP contribution in [0, 0.1) is 0 Å². The highest BCUT2D eigenvalue weighted by atomic mass is 16.6. The van der Waals surface area contributed by atoms with Gasteiger partial charge < -0.3 is 29.0 Å². The molecular weight excluding hydrogens is 274 g/mol. The zero-order valence-corrected chi connectivity index (χ0v) is 13.7. The molecule has 0 heterocycles. The van der Waals surface area contributed by atoms with Crippen molar-refractivity contribution >= 4 is 0 Å². The first-order chi connectivity index (χ1) is 10.4. The summed E-state index contributed by atoms with van der Waals surface area (Å²) in [5, 5.41) is 3.28.